The van der Waals surface area contributed by atoms with Crippen molar-refractivity contribution in [3.63, 3.8) is 0 Å². The van der Waals surface area contributed by atoms with E-state index in [4.69, 9.17) is 4.74 Å². The van der Waals surface area contributed by atoms with E-state index in [1.165, 1.54) is 0 Å². The number of hydrogen-bond acceptors (Lipinski definition) is 3. The van der Waals surface area contributed by atoms with Gasteiger partial charge >= 0.3 is 0 Å². The summed E-state index contributed by atoms with van der Waals surface area (Å²) < 4.78 is 5.58. The van der Waals surface area contributed by atoms with Crippen LogP contribution in [0, 0.1) is 11.8 Å². The van der Waals surface area contributed by atoms with E-state index < -0.39 is 0 Å². The van der Waals surface area contributed by atoms with Gasteiger partial charge in [0.25, 0.3) is 0 Å². The zero-order valence-electron chi connectivity index (χ0n) is 11.7. The molecule has 1 aliphatic heterocycles. The van der Waals surface area contributed by atoms with Crippen molar-refractivity contribution in [2.45, 2.75) is 46.6 Å². The van der Waals surface area contributed by atoms with E-state index in [0.29, 0.717) is 17.7 Å². The maximum Gasteiger partial charge on any atom is 0.138 e. The number of piperidine rings is 1. The van der Waals surface area contributed by atoms with Crippen LogP contribution in [0.2, 0.25) is 0 Å². The summed E-state index contributed by atoms with van der Waals surface area (Å²) in [7, 11) is 0. The number of Topliss-reactive ketones (excluding diaryl/α,β-unsaturated/α-hetero) is 1. The minimum absolute atomic E-state index is 0.195. The Morgan fingerprint density at radius 2 is 2.12 bits per heavy atom. The zero-order valence-corrected chi connectivity index (χ0v) is 11.7. The van der Waals surface area contributed by atoms with Gasteiger partial charge in [-0.2, -0.15) is 0 Å². The highest BCUT2D eigenvalue weighted by molar-refractivity contribution is 5.82. The fourth-order valence-corrected chi connectivity index (χ4v) is 2.27. The molecule has 0 N–H and O–H groups in total. The van der Waals surface area contributed by atoms with Crippen molar-refractivity contribution >= 4 is 5.78 Å². The largest absolute Gasteiger partial charge is 0.381 e. The van der Waals surface area contributed by atoms with Crippen molar-refractivity contribution in [1.82, 2.24) is 4.90 Å². The third kappa shape index (κ3) is 4.76. The standard InChI is InChI=1S/C14H27NO2/c1-11(2)10-17-9-5-7-15-8-6-14(16)12(3)13(15)4/h11-13H,5-10H2,1-4H3. The first-order chi connectivity index (χ1) is 8.02. The molecule has 0 amide bonds. The van der Waals surface area contributed by atoms with Gasteiger partial charge in [-0.05, 0) is 19.3 Å². The SMILES string of the molecule is CC(C)COCCCN1CCC(=O)C(C)C1C. The first kappa shape index (κ1) is 14.7. The quantitative estimate of drug-likeness (QED) is 0.669. The average molecular weight is 241 g/mol. The molecule has 0 aromatic rings. The van der Waals surface area contributed by atoms with Gasteiger partial charge in [-0.3, -0.25) is 9.69 Å². The molecule has 0 radical (unpaired) electrons. The molecule has 2 unspecified atom stereocenters. The first-order valence-corrected chi connectivity index (χ1v) is 6.87. The second kappa shape index (κ2) is 7.12. The van der Waals surface area contributed by atoms with Crippen LogP contribution in [0.4, 0.5) is 0 Å². The number of carbonyl (C=O) groups is 1. The Morgan fingerprint density at radius 3 is 2.76 bits per heavy atom. The number of hydrogen-bond donors (Lipinski definition) is 0. The molecule has 1 aliphatic rings. The van der Waals surface area contributed by atoms with E-state index in [9.17, 15) is 4.79 Å². The van der Waals surface area contributed by atoms with E-state index in [0.717, 1.165) is 39.1 Å². The van der Waals surface area contributed by atoms with Gasteiger partial charge < -0.3 is 4.74 Å². The molecule has 3 heteroatoms. The molecule has 0 saturated carbocycles. The first-order valence-electron chi connectivity index (χ1n) is 6.87. The summed E-state index contributed by atoms with van der Waals surface area (Å²) in [6.07, 6.45) is 1.79. The molecule has 0 aliphatic carbocycles. The Kier molecular flexibility index (Phi) is 6.14. The second-order valence-electron chi connectivity index (χ2n) is 5.60. The molecule has 0 aromatic carbocycles. The molecule has 17 heavy (non-hydrogen) atoms. The van der Waals surface area contributed by atoms with Gasteiger partial charge in [0.1, 0.15) is 5.78 Å². The van der Waals surface area contributed by atoms with Crippen LogP contribution in [0.25, 0.3) is 0 Å². The molecule has 100 valence electrons. The monoisotopic (exact) mass is 241 g/mol. The molecule has 1 heterocycles. The molecule has 2 atom stereocenters. The number of nitrogens with zero attached hydrogens (tertiary/aromatic N) is 1. The maximum absolute atomic E-state index is 11.5. The fraction of sp³-hybridized carbons (Fsp3) is 0.929. The van der Waals surface area contributed by atoms with Crippen molar-refractivity contribution in [2.24, 2.45) is 11.8 Å². The Labute approximate surface area is 106 Å². The van der Waals surface area contributed by atoms with Gasteiger partial charge in [-0.1, -0.05) is 20.8 Å². The lowest BCUT2D eigenvalue weighted by Gasteiger charge is -2.36. The van der Waals surface area contributed by atoms with Gasteiger partial charge in [0.2, 0.25) is 0 Å². The average Bonchev–Trinajstić information content (AvgIpc) is 2.28. The van der Waals surface area contributed by atoms with Crippen LogP contribution in [0.3, 0.4) is 0 Å². The van der Waals surface area contributed by atoms with Gasteiger partial charge in [0.05, 0.1) is 0 Å². The zero-order chi connectivity index (χ0) is 12.8. The van der Waals surface area contributed by atoms with Crippen LogP contribution in [-0.4, -0.2) is 43.0 Å². The van der Waals surface area contributed by atoms with Gasteiger partial charge in [0, 0.05) is 44.7 Å². The van der Waals surface area contributed by atoms with Crippen LogP contribution in [0.15, 0.2) is 0 Å². The Hall–Kier alpha value is -0.410. The molecule has 1 rings (SSSR count). The van der Waals surface area contributed by atoms with Crippen molar-refractivity contribution < 1.29 is 9.53 Å². The Balaban J connectivity index is 2.17. The number of ketones is 1. The van der Waals surface area contributed by atoms with Gasteiger partial charge in [-0.15, -0.1) is 0 Å². The number of carbonyl (C=O) groups excluding carboxylic acids is 1. The molecule has 1 fully saturated rings. The Morgan fingerprint density at radius 1 is 1.41 bits per heavy atom. The minimum atomic E-state index is 0.195. The maximum atomic E-state index is 11.5. The van der Waals surface area contributed by atoms with E-state index in [2.05, 4.69) is 32.6 Å². The predicted octanol–water partition coefficient (Wildman–Crippen LogP) is 2.35. The van der Waals surface area contributed by atoms with Crippen LogP contribution in [-0.2, 0) is 9.53 Å². The third-order valence-electron chi connectivity index (χ3n) is 3.64. The lowest BCUT2D eigenvalue weighted by atomic mass is 9.90. The smallest absolute Gasteiger partial charge is 0.138 e. The molecule has 0 aromatic heterocycles. The molecule has 0 spiro atoms. The summed E-state index contributed by atoms with van der Waals surface area (Å²) in [5.41, 5.74) is 0. The fourth-order valence-electron chi connectivity index (χ4n) is 2.27. The lowest BCUT2D eigenvalue weighted by molar-refractivity contribution is -0.127. The highest BCUT2D eigenvalue weighted by Gasteiger charge is 2.29. The highest BCUT2D eigenvalue weighted by Crippen LogP contribution is 2.20. The third-order valence-corrected chi connectivity index (χ3v) is 3.64. The summed E-state index contributed by atoms with van der Waals surface area (Å²) in [4.78, 5) is 14.0. The van der Waals surface area contributed by atoms with Crippen molar-refractivity contribution in [1.29, 1.82) is 0 Å². The van der Waals surface area contributed by atoms with Crippen molar-refractivity contribution in [3.05, 3.63) is 0 Å². The molecule has 3 nitrogen and oxygen atoms in total. The highest BCUT2D eigenvalue weighted by atomic mass is 16.5. The van der Waals surface area contributed by atoms with Crippen LogP contribution in [0.5, 0.6) is 0 Å². The predicted molar refractivity (Wildman–Crippen MR) is 70.1 cm³/mol. The lowest BCUT2D eigenvalue weighted by Crippen LogP contribution is -2.47. The number of likely N-dealkylation sites (tertiary alicyclic amines) is 1. The van der Waals surface area contributed by atoms with E-state index in [1.807, 2.05) is 0 Å². The summed E-state index contributed by atoms with van der Waals surface area (Å²) >= 11 is 0. The molecular formula is C14H27NO2. The summed E-state index contributed by atoms with van der Waals surface area (Å²) in [6.45, 7) is 12.2. The van der Waals surface area contributed by atoms with E-state index in [-0.39, 0.29) is 5.92 Å². The van der Waals surface area contributed by atoms with Gasteiger partial charge in [-0.25, -0.2) is 0 Å². The summed E-state index contributed by atoms with van der Waals surface area (Å²) in [5.74, 6) is 1.23. The topological polar surface area (TPSA) is 29.5 Å². The minimum Gasteiger partial charge on any atom is -0.381 e. The van der Waals surface area contributed by atoms with Crippen molar-refractivity contribution in [2.75, 3.05) is 26.3 Å². The van der Waals surface area contributed by atoms with Crippen molar-refractivity contribution in [3.8, 4) is 0 Å². The van der Waals surface area contributed by atoms with Crippen LogP contribution < -0.4 is 0 Å². The summed E-state index contributed by atoms with van der Waals surface area (Å²) in [6, 6.07) is 0.390. The normalized spacial score (nSPS) is 26.8. The van der Waals surface area contributed by atoms with Crippen LogP contribution >= 0.6 is 0 Å². The molecule has 0 bridgehead atoms. The number of rotatable bonds is 6. The molecule has 1 saturated heterocycles. The van der Waals surface area contributed by atoms with E-state index in [1.54, 1.807) is 0 Å². The van der Waals surface area contributed by atoms with Gasteiger partial charge in [0.15, 0.2) is 0 Å². The van der Waals surface area contributed by atoms with Crippen LogP contribution in [0.1, 0.15) is 40.5 Å². The molecular weight excluding hydrogens is 214 g/mol. The van der Waals surface area contributed by atoms with E-state index >= 15 is 0 Å². The second-order valence-corrected chi connectivity index (χ2v) is 5.60. The Bertz CT molecular complexity index is 240. The summed E-state index contributed by atoms with van der Waals surface area (Å²) in [5, 5.41) is 0. The number of ether oxygens (including phenoxy) is 1.